The first-order valence-corrected chi connectivity index (χ1v) is 5.83. The van der Waals surface area contributed by atoms with E-state index >= 15 is 0 Å². The summed E-state index contributed by atoms with van der Waals surface area (Å²) >= 11 is 0. The van der Waals surface area contributed by atoms with Gasteiger partial charge in [-0.1, -0.05) is 6.07 Å². The van der Waals surface area contributed by atoms with Crippen molar-refractivity contribution in [3.63, 3.8) is 0 Å². The van der Waals surface area contributed by atoms with Gasteiger partial charge < -0.3 is 10.0 Å². The van der Waals surface area contributed by atoms with Gasteiger partial charge in [-0.25, -0.2) is 0 Å². The molecule has 1 atom stereocenters. The molecule has 0 radical (unpaired) electrons. The minimum Gasteiger partial charge on any atom is -0.480 e. The lowest BCUT2D eigenvalue weighted by Crippen LogP contribution is -2.57. The molecule has 18 heavy (non-hydrogen) atoms. The van der Waals surface area contributed by atoms with Gasteiger partial charge in [-0.15, -0.1) is 0 Å². The zero-order valence-corrected chi connectivity index (χ0v) is 10.4. The Morgan fingerprint density at radius 3 is 2.72 bits per heavy atom. The Bertz CT molecular complexity index is 499. The standard InChI is InChI=1S/C13H16N2O3/c1-8-3-4-10(5-9(8)2)15-7-11(13(17)18)14-6-12(15)16/h3-5,11,14H,6-7H2,1-2H3,(H,17,18). The Kier molecular flexibility index (Phi) is 3.34. The van der Waals surface area contributed by atoms with E-state index < -0.39 is 12.0 Å². The van der Waals surface area contributed by atoms with Crippen molar-refractivity contribution in [1.29, 1.82) is 0 Å². The lowest BCUT2D eigenvalue weighted by atomic mass is 10.1. The monoisotopic (exact) mass is 248 g/mol. The molecule has 1 aliphatic rings. The van der Waals surface area contributed by atoms with Gasteiger partial charge in [0.05, 0.1) is 13.1 Å². The van der Waals surface area contributed by atoms with Crippen LogP contribution in [-0.2, 0) is 9.59 Å². The quantitative estimate of drug-likeness (QED) is 0.808. The Hall–Kier alpha value is -1.88. The number of carboxylic acid groups (broad SMARTS) is 1. The number of benzene rings is 1. The van der Waals surface area contributed by atoms with E-state index in [1.807, 2.05) is 32.0 Å². The smallest absolute Gasteiger partial charge is 0.322 e. The molecule has 1 amide bonds. The zero-order chi connectivity index (χ0) is 13.3. The summed E-state index contributed by atoms with van der Waals surface area (Å²) in [5.41, 5.74) is 3.00. The number of nitrogens with zero attached hydrogens (tertiary/aromatic N) is 1. The van der Waals surface area contributed by atoms with E-state index in [0.717, 1.165) is 16.8 Å². The van der Waals surface area contributed by atoms with E-state index in [2.05, 4.69) is 5.32 Å². The Morgan fingerprint density at radius 2 is 2.11 bits per heavy atom. The Labute approximate surface area is 105 Å². The van der Waals surface area contributed by atoms with Gasteiger partial charge in [0.1, 0.15) is 6.04 Å². The van der Waals surface area contributed by atoms with Gasteiger partial charge in [0.2, 0.25) is 5.91 Å². The number of aryl methyl sites for hydroxylation is 2. The molecule has 1 aromatic rings. The van der Waals surface area contributed by atoms with Gasteiger partial charge in [0, 0.05) is 5.69 Å². The van der Waals surface area contributed by atoms with Crippen molar-refractivity contribution < 1.29 is 14.7 Å². The number of hydrogen-bond acceptors (Lipinski definition) is 3. The molecule has 0 bridgehead atoms. The summed E-state index contributed by atoms with van der Waals surface area (Å²) in [7, 11) is 0. The second-order valence-corrected chi connectivity index (χ2v) is 4.54. The number of nitrogens with one attached hydrogen (secondary N) is 1. The van der Waals surface area contributed by atoms with Crippen LogP contribution in [-0.4, -0.2) is 36.1 Å². The molecule has 1 aliphatic heterocycles. The Morgan fingerprint density at radius 1 is 1.39 bits per heavy atom. The minimum absolute atomic E-state index is 0.0594. The van der Waals surface area contributed by atoms with Crippen LogP contribution in [0, 0.1) is 13.8 Å². The fourth-order valence-electron chi connectivity index (χ4n) is 1.96. The number of aliphatic carboxylic acids is 1. The SMILES string of the molecule is Cc1ccc(N2CC(C(=O)O)NCC2=O)cc1C. The Balaban J connectivity index is 2.26. The van der Waals surface area contributed by atoms with Crippen molar-refractivity contribution in [3.05, 3.63) is 29.3 Å². The van der Waals surface area contributed by atoms with E-state index in [0.29, 0.717) is 0 Å². The summed E-state index contributed by atoms with van der Waals surface area (Å²) in [5, 5.41) is 11.7. The van der Waals surface area contributed by atoms with Crippen LogP contribution in [0.2, 0.25) is 0 Å². The molecule has 96 valence electrons. The van der Waals surface area contributed by atoms with Crippen LogP contribution in [0.5, 0.6) is 0 Å². The van der Waals surface area contributed by atoms with Crippen LogP contribution in [0.4, 0.5) is 5.69 Å². The third-order valence-electron chi connectivity index (χ3n) is 3.27. The lowest BCUT2D eigenvalue weighted by molar-refractivity contribution is -0.139. The fraction of sp³-hybridized carbons (Fsp3) is 0.385. The highest BCUT2D eigenvalue weighted by Crippen LogP contribution is 2.20. The maximum atomic E-state index is 11.8. The van der Waals surface area contributed by atoms with Crippen molar-refractivity contribution in [1.82, 2.24) is 5.32 Å². The van der Waals surface area contributed by atoms with Gasteiger partial charge in [-0.2, -0.15) is 0 Å². The zero-order valence-electron chi connectivity index (χ0n) is 10.4. The first-order chi connectivity index (χ1) is 8.49. The van der Waals surface area contributed by atoms with Gasteiger partial charge in [-0.05, 0) is 37.1 Å². The highest BCUT2D eigenvalue weighted by atomic mass is 16.4. The van der Waals surface area contributed by atoms with Crippen molar-refractivity contribution in [2.45, 2.75) is 19.9 Å². The molecule has 5 nitrogen and oxygen atoms in total. The first kappa shape index (κ1) is 12.6. The molecule has 5 heteroatoms. The van der Waals surface area contributed by atoms with Gasteiger partial charge in [0.25, 0.3) is 0 Å². The second-order valence-electron chi connectivity index (χ2n) is 4.54. The molecule has 1 saturated heterocycles. The first-order valence-electron chi connectivity index (χ1n) is 5.83. The van der Waals surface area contributed by atoms with Gasteiger partial charge in [0.15, 0.2) is 0 Å². The normalized spacial score (nSPS) is 20.0. The molecule has 0 spiro atoms. The number of carbonyl (C=O) groups is 2. The average molecular weight is 248 g/mol. The largest absolute Gasteiger partial charge is 0.480 e. The van der Waals surface area contributed by atoms with E-state index in [1.54, 1.807) is 0 Å². The number of rotatable bonds is 2. The van der Waals surface area contributed by atoms with Crippen molar-refractivity contribution in [2.75, 3.05) is 18.0 Å². The van der Waals surface area contributed by atoms with Crippen LogP contribution in [0.25, 0.3) is 0 Å². The highest BCUT2D eigenvalue weighted by molar-refractivity contribution is 5.97. The fourth-order valence-corrected chi connectivity index (χ4v) is 1.96. The molecule has 0 saturated carbocycles. The molecule has 2 N–H and O–H groups in total. The summed E-state index contributed by atoms with van der Waals surface area (Å²) < 4.78 is 0. The summed E-state index contributed by atoms with van der Waals surface area (Å²) in [6.07, 6.45) is 0. The molecular formula is C13H16N2O3. The molecular weight excluding hydrogens is 232 g/mol. The topological polar surface area (TPSA) is 69.6 Å². The third kappa shape index (κ3) is 2.36. The molecule has 1 unspecified atom stereocenters. The molecule has 2 rings (SSSR count). The van der Waals surface area contributed by atoms with Crippen LogP contribution in [0.1, 0.15) is 11.1 Å². The van der Waals surface area contributed by atoms with Crippen molar-refractivity contribution in [3.8, 4) is 0 Å². The van der Waals surface area contributed by atoms with E-state index in [-0.39, 0.29) is 19.0 Å². The average Bonchev–Trinajstić information content (AvgIpc) is 2.33. The highest BCUT2D eigenvalue weighted by Gasteiger charge is 2.30. The van der Waals surface area contributed by atoms with Crippen LogP contribution >= 0.6 is 0 Å². The van der Waals surface area contributed by atoms with Crippen molar-refractivity contribution in [2.24, 2.45) is 0 Å². The molecule has 1 fully saturated rings. The summed E-state index contributed by atoms with van der Waals surface area (Å²) in [6, 6.07) is 5.00. The summed E-state index contributed by atoms with van der Waals surface area (Å²) in [6.45, 7) is 4.19. The van der Waals surface area contributed by atoms with E-state index in [9.17, 15) is 9.59 Å². The maximum Gasteiger partial charge on any atom is 0.322 e. The number of carbonyl (C=O) groups excluding carboxylic acids is 1. The van der Waals surface area contributed by atoms with Gasteiger partial charge >= 0.3 is 5.97 Å². The van der Waals surface area contributed by atoms with Crippen LogP contribution in [0.3, 0.4) is 0 Å². The number of amides is 1. The predicted octanol–water partition coefficient (Wildman–Crippen LogP) is 0.693. The number of carboxylic acids is 1. The molecule has 0 aliphatic carbocycles. The predicted molar refractivity (Wildman–Crippen MR) is 67.7 cm³/mol. The number of piperazine rings is 1. The second kappa shape index (κ2) is 4.78. The van der Waals surface area contributed by atoms with E-state index in [1.165, 1.54) is 4.90 Å². The van der Waals surface area contributed by atoms with Crippen LogP contribution in [0.15, 0.2) is 18.2 Å². The van der Waals surface area contributed by atoms with E-state index in [4.69, 9.17) is 5.11 Å². The minimum atomic E-state index is -0.934. The maximum absolute atomic E-state index is 11.8. The summed E-state index contributed by atoms with van der Waals surface area (Å²) in [4.78, 5) is 24.3. The molecule has 1 heterocycles. The molecule has 0 aromatic heterocycles. The summed E-state index contributed by atoms with van der Waals surface area (Å²) in [5.74, 6) is -1.04. The molecule has 1 aromatic carbocycles. The third-order valence-corrected chi connectivity index (χ3v) is 3.27. The van der Waals surface area contributed by atoms with Crippen molar-refractivity contribution >= 4 is 17.6 Å². The number of hydrogen-bond donors (Lipinski definition) is 2. The number of anilines is 1. The van der Waals surface area contributed by atoms with Gasteiger partial charge in [-0.3, -0.25) is 14.9 Å². The van der Waals surface area contributed by atoms with Crippen LogP contribution < -0.4 is 10.2 Å². The lowest BCUT2D eigenvalue weighted by Gasteiger charge is -2.31.